The van der Waals surface area contributed by atoms with Crippen molar-refractivity contribution in [2.45, 2.75) is 46.2 Å². The van der Waals surface area contributed by atoms with E-state index < -0.39 is 12.4 Å². The van der Waals surface area contributed by atoms with Gasteiger partial charge in [0, 0.05) is 12.8 Å². The van der Waals surface area contributed by atoms with E-state index in [1.165, 1.54) is 6.92 Å². The summed E-state index contributed by atoms with van der Waals surface area (Å²) in [7, 11) is 0. The maximum absolute atomic E-state index is 10.8. The highest BCUT2D eigenvalue weighted by molar-refractivity contribution is 5.66. The normalized spacial score (nSPS) is 43.4. The van der Waals surface area contributed by atoms with Crippen LogP contribution in [0.1, 0.15) is 27.7 Å². The van der Waals surface area contributed by atoms with Gasteiger partial charge in [-0.3, -0.25) is 4.79 Å². The second-order valence-corrected chi connectivity index (χ2v) is 4.02. The lowest BCUT2D eigenvalue weighted by atomic mass is 9.84. The lowest BCUT2D eigenvalue weighted by molar-refractivity contribution is -0.253. The molecule has 0 spiro atoms. The van der Waals surface area contributed by atoms with Gasteiger partial charge in [0.1, 0.15) is 0 Å². The third kappa shape index (κ3) is 2.25. The predicted molar refractivity (Wildman–Crippen MR) is 50.4 cm³/mol. The number of hydrogen-bond acceptors (Lipinski definition) is 4. The van der Waals surface area contributed by atoms with E-state index in [2.05, 4.69) is 0 Å². The summed E-state index contributed by atoms with van der Waals surface area (Å²) < 4.78 is 10.3. The number of aliphatic hydroxyl groups is 1. The molecule has 0 aromatic heterocycles. The maximum Gasteiger partial charge on any atom is 0.303 e. The monoisotopic (exact) mass is 202 g/mol. The fraction of sp³-hybridized carbons (Fsp3) is 0.900. The van der Waals surface area contributed by atoms with Crippen LogP contribution in [0.4, 0.5) is 0 Å². The Hall–Kier alpha value is -0.610. The van der Waals surface area contributed by atoms with E-state index in [1.54, 1.807) is 0 Å². The molecule has 0 aromatic carbocycles. The molecule has 82 valence electrons. The Morgan fingerprint density at radius 3 is 2.36 bits per heavy atom. The van der Waals surface area contributed by atoms with Gasteiger partial charge >= 0.3 is 5.97 Å². The molecule has 0 aromatic rings. The molecule has 0 radical (unpaired) electrons. The van der Waals surface area contributed by atoms with Gasteiger partial charge < -0.3 is 14.6 Å². The van der Waals surface area contributed by atoms with Crippen LogP contribution in [0.5, 0.6) is 0 Å². The minimum Gasteiger partial charge on any atom is -0.457 e. The number of carbonyl (C=O) groups excluding carboxylic acids is 1. The largest absolute Gasteiger partial charge is 0.457 e. The van der Waals surface area contributed by atoms with Crippen molar-refractivity contribution in [3.8, 4) is 0 Å². The van der Waals surface area contributed by atoms with Crippen LogP contribution in [0, 0.1) is 11.8 Å². The summed E-state index contributed by atoms with van der Waals surface area (Å²) in [6.07, 6.45) is -1.55. The van der Waals surface area contributed by atoms with Crippen LogP contribution in [0.15, 0.2) is 0 Å². The first kappa shape index (κ1) is 11.5. The molecule has 1 saturated heterocycles. The summed E-state index contributed by atoms with van der Waals surface area (Å²) >= 11 is 0. The summed E-state index contributed by atoms with van der Waals surface area (Å²) in [5.41, 5.74) is 0. The Bertz CT molecular complexity index is 216. The fourth-order valence-electron chi connectivity index (χ4n) is 1.76. The van der Waals surface area contributed by atoms with E-state index >= 15 is 0 Å². The Labute approximate surface area is 84.2 Å². The standard InChI is InChI=1S/C10H18O4/c1-5-6(2)9(14-8(4)11)10(12)13-7(5)3/h5-7,9-10,12H,1-4H3/t5-,6+,7?,9?,10?/m1/s1. The minimum absolute atomic E-state index is 0.00759. The highest BCUT2D eigenvalue weighted by atomic mass is 16.6. The van der Waals surface area contributed by atoms with Crippen LogP contribution in [0.3, 0.4) is 0 Å². The Kier molecular flexibility index (Phi) is 3.50. The lowest BCUT2D eigenvalue weighted by Crippen LogP contribution is -2.49. The van der Waals surface area contributed by atoms with E-state index in [9.17, 15) is 9.90 Å². The average Bonchev–Trinajstić information content (AvgIpc) is 2.09. The van der Waals surface area contributed by atoms with Gasteiger partial charge in [-0.2, -0.15) is 0 Å². The van der Waals surface area contributed by atoms with Crippen LogP contribution in [-0.4, -0.2) is 29.6 Å². The van der Waals surface area contributed by atoms with Crippen molar-refractivity contribution in [2.75, 3.05) is 0 Å². The molecule has 1 rings (SSSR count). The van der Waals surface area contributed by atoms with Gasteiger partial charge in [0.05, 0.1) is 6.10 Å². The first-order valence-electron chi connectivity index (χ1n) is 4.94. The molecule has 0 saturated carbocycles. The van der Waals surface area contributed by atoms with Gasteiger partial charge in [-0.1, -0.05) is 13.8 Å². The summed E-state index contributed by atoms with van der Waals surface area (Å²) in [4.78, 5) is 10.8. The fourth-order valence-corrected chi connectivity index (χ4v) is 1.76. The molecule has 1 fully saturated rings. The van der Waals surface area contributed by atoms with Gasteiger partial charge in [-0.25, -0.2) is 0 Å². The molecule has 1 heterocycles. The third-order valence-corrected chi connectivity index (χ3v) is 3.03. The number of carbonyl (C=O) groups is 1. The average molecular weight is 202 g/mol. The number of hydrogen-bond donors (Lipinski definition) is 1. The molecule has 1 N–H and O–H groups in total. The Balaban J connectivity index is 2.68. The van der Waals surface area contributed by atoms with E-state index in [4.69, 9.17) is 9.47 Å². The van der Waals surface area contributed by atoms with Crippen LogP contribution in [0.2, 0.25) is 0 Å². The number of esters is 1. The number of rotatable bonds is 1. The molecule has 0 bridgehead atoms. The van der Waals surface area contributed by atoms with Crippen molar-refractivity contribution in [3.63, 3.8) is 0 Å². The zero-order valence-corrected chi connectivity index (χ0v) is 9.06. The Morgan fingerprint density at radius 2 is 1.86 bits per heavy atom. The third-order valence-electron chi connectivity index (χ3n) is 3.03. The second-order valence-electron chi connectivity index (χ2n) is 4.02. The highest BCUT2D eigenvalue weighted by Crippen LogP contribution is 2.31. The van der Waals surface area contributed by atoms with Crippen LogP contribution in [0.25, 0.3) is 0 Å². The van der Waals surface area contributed by atoms with Gasteiger partial charge in [0.2, 0.25) is 0 Å². The molecule has 1 aliphatic rings. The zero-order valence-electron chi connectivity index (χ0n) is 9.06. The van der Waals surface area contributed by atoms with Crippen molar-refractivity contribution in [2.24, 2.45) is 11.8 Å². The molecule has 4 heteroatoms. The van der Waals surface area contributed by atoms with Crippen molar-refractivity contribution in [1.29, 1.82) is 0 Å². The molecule has 0 amide bonds. The first-order chi connectivity index (χ1) is 6.43. The molecular formula is C10H18O4. The lowest BCUT2D eigenvalue weighted by Gasteiger charge is -2.40. The highest BCUT2D eigenvalue weighted by Gasteiger charge is 2.40. The molecule has 0 aliphatic carbocycles. The first-order valence-corrected chi connectivity index (χ1v) is 4.94. The maximum atomic E-state index is 10.8. The second kappa shape index (κ2) is 4.28. The summed E-state index contributed by atoms with van der Waals surface area (Å²) in [6, 6.07) is 0. The van der Waals surface area contributed by atoms with Crippen molar-refractivity contribution >= 4 is 5.97 Å². The van der Waals surface area contributed by atoms with Crippen molar-refractivity contribution < 1.29 is 19.4 Å². The van der Waals surface area contributed by atoms with Crippen LogP contribution >= 0.6 is 0 Å². The Morgan fingerprint density at radius 1 is 1.29 bits per heavy atom. The van der Waals surface area contributed by atoms with E-state index in [0.29, 0.717) is 0 Å². The number of aliphatic hydroxyl groups excluding tert-OH is 1. The van der Waals surface area contributed by atoms with Crippen molar-refractivity contribution in [1.82, 2.24) is 0 Å². The van der Waals surface area contributed by atoms with Gasteiger partial charge in [0.25, 0.3) is 0 Å². The summed E-state index contributed by atoms with van der Waals surface area (Å²) in [5.74, 6) is -0.00773. The van der Waals surface area contributed by atoms with E-state index in [0.717, 1.165) is 0 Å². The molecule has 14 heavy (non-hydrogen) atoms. The summed E-state index contributed by atoms with van der Waals surface area (Å²) in [5, 5.41) is 9.58. The minimum atomic E-state index is -1.000. The van der Waals surface area contributed by atoms with Crippen LogP contribution in [-0.2, 0) is 14.3 Å². The summed E-state index contributed by atoms with van der Waals surface area (Å²) in [6.45, 7) is 7.23. The van der Waals surface area contributed by atoms with Gasteiger partial charge in [-0.15, -0.1) is 0 Å². The van der Waals surface area contributed by atoms with Gasteiger partial charge in [-0.05, 0) is 12.8 Å². The number of ether oxygens (including phenoxy) is 2. The molecular weight excluding hydrogens is 184 g/mol. The van der Waals surface area contributed by atoms with E-state index in [1.807, 2.05) is 20.8 Å². The predicted octanol–water partition coefficient (Wildman–Crippen LogP) is 0.927. The smallest absolute Gasteiger partial charge is 0.303 e. The molecule has 4 nitrogen and oxygen atoms in total. The SMILES string of the molecule is CC(=O)OC1C(O)OC(C)[C@H](C)[C@@H]1C. The van der Waals surface area contributed by atoms with Gasteiger partial charge in [0.15, 0.2) is 12.4 Å². The quantitative estimate of drug-likeness (QED) is 0.643. The van der Waals surface area contributed by atoms with Crippen molar-refractivity contribution in [3.05, 3.63) is 0 Å². The van der Waals surface area contributed by atoms with Crippen LogP contribution < -0.4 is 0 Å². The van der Waals surface area contributed by atoms with E-state index in [-0.39, 0.29) is 23.9 Å². The molecule has 5 atom stereocenters. The topological polar surface area (TPSA) is 55.8 Å². The zero-order chi connectivity index (χ0) is 10.9. The molecule has 3 unspecified atom stereocenters. The molecule has 1 aliphatic heterocycles.